The van der Waals surface area contributed by atoms with Crippen LogP contribution in [0.5, 0.6) is 0 Å². The van der Waals surface area contributed by atoms with E-state index in [4.69, 9.17) is 0 Å². The van der Waals surface area contributed by atoms with E-state index in [1.807, 2.05) is 6.92 Å². The predicted molar refractivity (Wildman–Crippen MR) is 37.3 cm³/mol. The minimum Gasteiger partial charge on any atom is -0.344 e. The molecule has 9 heavy (non-hydrogen) atoms. The molecular formula is C5H11NO2S. The average Bonchev–Trinajstić information content (AvgIpc) is 1.82. The van der Waals surface area contributed by atoms with Gasteiger partial charge in [-0.2, -0.15) is 0 Å². The zero-order valence-electron chi connectivity index (χ0n) is 5.59. The summed E-state index contributed by atoms with van der Waals surface area (Å²) in [6.45, 7) is 1.88. The lowest BCUT2D eigenvalue weighted by Gasteiger charge is -2.08. The third-order valence-electron chi connectivity index (χ3n) is 1.03. The van der Waals surface area contributed by atoms with Gasteiger partial charge in [-0.05, 0) is 6.42 Å². The van der Waals surface area contributed by atoms with E-state index >= 15 is 0 Å². The van der Waals surface area contributed by atoms with Crippen LogP contribution in [0.25, 0.3) is 0 Å². The van der Waals surface area contributed by atoms with Crippen molar-refractivity contribution in [3.05, 3.63) is 0 Å². The third-order valence-corrected chi connectivity index (χ3v) is 2.30. The Labute approximate surface area is 57.3 Å². The van der Waals surface area contributed by atoms with Gasteiger partial charge in [0.1, 0.15) is 5.37 Å². The molecule has 0 saturated carbocycles. The van der Waals surface area contributed by atoms with Crippen molar-refractivity contribution in [3.63, 3.8) is 0 Å². The summed E-state index contributed by atoms with van der Waals surface area (Å²) in [7, 11) is -0.946. The zero-order chi connectivity index (χ0) is 7.28. The van der Waals surface area contributed by atoms with E-state index < -0.39 is 10.8 Å². The molecule has 0 bridgehead atoms. The average molecular weight is 149 g/mol. The number of hydrogen-bond donors (Lipinski definition) is 1. The van der Waals surface area contributed by atoms with E-state index in [1.165, 1.54) is 0 Å². The van der Waals surface area contributed by atoms with Gasteiger partial charge in [-0.1, -0.05) is 6.92 Å². The van der Waals surface area contributed by atoms with Crippen LogP contribution in [0.15, 0.2) is 0 Å². The van der Waals surface area contributed by atoms with Gasteiger partial charge in [0.2, 0.25) is 6.41 Å². The van der Waals surface area contributed by atoms with E-state index in [-0.39, 0.29) is 5.37 Å². The summed E-state index contributed by atoms with van der Waals surface area (Å²) < 4.78 is 10.7. The zero-order valence-corrected chi connectivity index (χ0v) is 6.40. The predicted octanol–water partition coefficient (Wildman–Crippen LogP) is -0.153. The first-order valence-corrected chi connectivity index (χ1v) is 4.36. The van der Waals surface area contributed by atoms with Gasteiger partial charge in [0.25, 0.3) is 0 Å². The van der Waals surface area contributed by atoms with E-state index in [0.29, 0.717) is 12.8 Å². The Balaban J connectivity index is 3.67. The highest BCUT2D eigenvalue weighted by atomic mass is 32.2. The molecule has 0 aliphatic carbocycles. The molecule has 0 saturated heterocycles. The molecule has 0 aliphatic rings. The SMILES string of the molecule is CCC(NC=O)S(C)=O. The van der Waals surface area contributed by atoms with Crippen LogP contribution < -0.4 is 5.32 Å². The summed E-state index contributed by atoms with van der Waals surface area (Å²) in [4.78, 5) is 9.83. The molecule has 1 amide bonds. The van der Waals surface area contributed by atoms with Crippen LogP contribution in [-0.4, -0.2) is 22.2 Å². The quantitative estimate of drug-likeness (QED) is 0.565. The topological polar surface area (TPSA) is 46.2 Å². The van der Waals surface area contributed by atoms with Crippen molar-refractivity contribution in [1.82, 2.24) is 5.32 Å². The summed E-state index contributed by atoms with van der Waals surface area (Å²) in [6, 6.07) is 0. The number of carbonyl (C=O) groups is 1. The second kappa shape index (κ2) is 4.49. The summed E-state index contributed by atoms with van der Waals surface area (Å²) in [5.41, 5.74) is 0. The van der Waals surface area contributed by atoms with Gasteiger partial charge in [0.15, 0.2) is 0 Å². The van der Waals surface area contributed by atoms with E-state index in [9.17, 15) is 9.00 Å². The smallest absolute Gasteiger partial charge is 0.208 e. The molecule has 3 nitrogen and oxygen atoms in total. The highest BCUT2D eigenvalue weighted by Crippen LogP contribution is 1.92. The Morgan fingerprint density at radius 2 is 2.33 bits per heavy atom. The molecule has 0 aromatic heterocycles. The van der Waals surface area contributed by atoms with Gasteiger partial charge < -0.3 is 5.32 Å². The fourth-order valence-corrected chi connectivity index (χ4v) is 1.24. The van der Waals surface area contributed by atoms with Gasteiger partial charge >= 0.3 is 0 Å². The van der Waals surface area contributed by atoms with Crippen molar-refractivity contribution in [1.29, 1.82) is 0 Å². The second-order valence-corrected chi connectivity index (χ2v) is 3.25. The molecule has 0 spiro atoms. The van der Waals surface area contributed by atoms with Crippen molar-refractivity contribution in [3.8, 4) is 0 Å². The Hall–Kier alpha value is -0.380. The highest BCUT2D eigenvalue weighted by Gasteiger charge is 2.06. The van der Waals surface area contributed by atoms with E-state index in [2.05, 4.69) is 5.32 Å². The monoisotopic (exact) mass is 149 g/mol. The Bertz CT molecular complexity index is 116. The van der Waals surface area contributed by atoms with Crippen molar-refractivity contribution in [2.45, 2.75) is 18.7 Å². The molecule has 0 aromatic carbocycles. The number of rotatable bonds is 4. The molecule has 2 unspecified atom stereocenters. The summed E-state index contributed by atoms with van der Waals surface area (Å²) in [6.07, 6.45) is 2.86. The van der Waals surface area contributed by atoms with Crippen LogP contribution in [0, 0.1) is 0 Å². The van der Waals surface area contributed by atoms with Gasteiger partial charge in [-0.3, -0.25) is 9.00 Å². The lowest BCUT2D eigenvalue weighted by Crippen LogP contribution is -2.30. The van der Waals surface area contributed by atoms with Crippen molar-refractivity contribution >= 4 is 17.2 Å². The molecule has 0 radical (unpaired) electrons. The molecule has 4 heteroatoms. The van der Waals surface area contributed by atoms with Gasteiger partial charge in [-0.15, -0.1) is 0 Å². The Morgan fingerprint density at radius 3 is 2.44 bits per heavy atom. The van der Waals surface area contributed by atoms with Crippen molar-refractivity contribution in [2.24, 2.45) is 0 Å². The molecule has 0 aliphatic heterocycles. The molecule has 1 N–H and O–H groups in total. The number of hydrogen-bond acceptors (Lipinski definition) is 2. The van der Waals surface area contributed by atoms with Crippen LogP contribution in [0.2, 0.25) is 0 Å². The molecule has 0 rings (SSSR count). The van der Waals surface area contributed by atoms with Crippen LogP contribution >= 0.6 is 0 Å². The lowest BCUT2D eigenvalue weighted by molar-refractivity contribution is -0.109. The van der Waals surface area contributed by atoms with Crippen LogP contribution in [-0.2, 0) is 15.6 Å². The molecule has 0 fully saturated rings. The molecule has 0 aromatic rings. The van der Waals surface area contributed by atoms with E-state index in [0.717, 1.165) is 0 Å². The van der Waals surface area contributed by atoms with Crippen molar-refractivity contribution < 1.29 is 9.00 Å². The van der Waals surface area contributed by atoms with Gasteiger partial charge in [0, 0.05) is 17.1 Å². The summed E-state index contributed by atoms with van der Waals surface area (Å²) in [5.74, 6) is 0. The van der Waals surface area contributed by atoms with Crippen LogP contribution in [0.1, 0.15) is 13.3 Å². The molecule has 2 atom stereocenters. The number of nitrogens with one attached hydrogen (secondary N) is 1. The van der Waals surface area contributed by atoms with Crippen LogP contribution in [0.4, 0.5) is 0 Å². The first-order chi connectivity index (χ1) is 4.22. The lowest BCUT2D eigenvalue weighted by atomic mass is 10.5. The molecule has 0 heterocycles. The Kier molecular flexibility index (Phi) is 4.30. The fourth-order valence-electron chi connectivity index (χ4n) is 0.524. The normalized spacial score (nSPS) is 16.2. The molecular weight excluding hydrogens is 138 g/mol. The van der Waals surface area contributed by atoms with Gasteiger partial charge in [0.05, 0.1) is 0 Å². The standard InChI is InChI=1S/C5H11NO2S/c1-3-5(6-4-7)9(2)8/h4-5H,3H2,1-2H3,(H,6,7). The largest absolute Gasteiger partial charge is 0.344 e. The maximum Gasteiger partial charge on any atom is 0.208 e. The van der Waals surface area contributed by atoms with Crippen molar-refractivity contribution in [2.75, 3.05) is 6.26 Å². The minimum atomic E-state index is -0.946. The fraction of sp³-hybridized carbons (Fsp3) is 0.800. The van der Waals surface area contributed by atoms with E-state index in [1.54, 1.807) is 6.26 Å². The third kappa shape index (κ3) is 3.24. The summed E-state index contributed by atoms with van der Waals surface area (Å²) >= 11 is 0. The molecule has 54 valence electrons. The minimum absolute atomic E-state index is 0.178. The van der Waals surface area contributed by atoms with Crippen LogP contribution in [0.3, 0.4) is 0 Å². The summed E-state index contributed by atoms with van der Waals surface area (Å²) in [5, 5.41) is 2.27. The first-order valence-electron chi connectivity index (χ1n) is 2.74. The maximum absolute atomic E-state index is 10.7. The number of carbonyl (C=O) groups excluding carboxylic acids is 1. The first kappa shape index (κ1) is 8.62. The Morgan fingerprint density at radius 1 is 1.78 bits per heavy atom. The highest BCUT2D eigenvalue weighted by molar-refractivity contribution is 7.84. The second-order valence-electron chi connectivity index (χ2n) is 1.68. The maximum atomic E-state index is 10.7. The number of amides is 1. The van der Waals surface area contributed by atoms with Gasteiger partial charge in [-0.25, -0.2) is 0 Å².